The van der Waals surface area contributed by atoms with Crippen LogP contribution in [-0.4, -0.2) is 9.22 Å². The summed E-state index contributed by atoms with van der Waals surface area (Å²) >= 11 is 9.52. The monoisotopic (exact) mass is 412 g/mol. The van der Waals surface area contributed by atoms with Gasteiger partial charge in [0, 0.05) is 48.7 Å². The Bertz CT molecular complexity index is 461. The molecule has 0 aliphatic rings. The van der Waals surface area contributed by atoms with Gasteiger partial charge in [0.25, 0.3) is 0 Å². The van der Waals surface area contributed by atoms with Crippen LogP contribution in [0, 0.1) is 35.6 Å². The molecular weight excluding hydrogens is 397 g/mol. The molecule has 0 aliphatic heterocycles. The van der Waals surface area contributed by atoms with Gasteiger partial charge in [-0.25, -0.2) is 0 Å². The second kappa shape index (κ2) is 8.93. The summed E-state index contributed by atoms with van der Waals surface area (Å²) in [6.45, 7) is 1.58. The van der Waals surface area contributed by atoms with E-state index in [2.05, 4.69) is 41.8 Å². The van der Waals surface area contributed by atoms with Crippen molar-refractivity contribution in [3.63, 3.8) is 0 Å². The van der Waals surface area contributed by atoms with Gasteiger partial charge in [-0.05, 0) is 11.1 Å². The van der Waals surface area contributed by atoms with Crippen molar-refractivity contribution in [2.75, 3.05) is 0 Å². The summed E-state index contributed by atoms with van der Waals surface area (Å²) in [5.74, 6) is 0. The van der Waals surface area contributed by atoms with Crippen molar-refractivity contribution < 1.29 is 35.6 Å². The summed E-state index contributed by atoms with van der Waals surface area (Å²) in [7, 11) is 0. The van der Waals surface area contributed by atoms with E-state index in [4.69, 9.17) is 12.2 Å². The standard InChI is InChI=1S/C15H15NS2.La/c17-15(18)16(11-13-7-3-1-4-8-13)12-14-9-5-2-6-10-14;/h1-10H,11-12H2,(H,17,18);. The molecule has 19 heavy (non-hydrogen) atoms. The van der Waals surface area contributed by atoms with Gasteiger partial charge < -0.3 is 4.90 Å². The molecule has 0 unspecified atom stereocenters. The van der Waals surface area contributed by atoms with Gasteiger partial charge >= 0.3 is 0 Å². The second-order valence-electron chi connectivity index (χ2n) is 4.11. The summed E-state index contributed by atoms with van der Waals surface area (Å²) in [5, 5.41) is 0. The first-order chi connectivity index (χ1) is 8.75. The first kappa shape index (κ1) is 16.9. The maximum absolute atomic E-state index is 5.21. The van der Waals surface area contributed by atoms with Gasteiger partial charge in [-0.2, -0.15) is 0 Å². The molecule has 2 aromatic carbocycles. The van der Waals surface area contributed by atoms with Gasteiger partial charge in [-0.1, -0.05) is 72.9 Å². The van der Waals surface area contributed by atoms with Crippen LogP contribution in [0.4, 0.5) is 0 Å². The Morgan fingerprint density at radius 1 is 0.842 bits per heavy atom. The smallest absolute Gasteiger partial charge is 0.133 e. The number of rotatable bonds is 4. The SMILES string of the molecule is S=C(S)N(Cc1ccccc1)Cc1ccccc1.[La]. The first-order valence-corrected chi connectivity index (χ1v) is 6.67. The maximum atomic E-state index is 5.21. The Balaban J connectivity index is 0.00000180. The summed E-state index contributed by atoms with van der Waals surface area (Å²) < 4.78 is 0.628. The van der Waals surface area contributed by atoms with Crippen molar-refractivity contribution in [1.82, 2.24) is 4.90 Å². The minimum Gasteiger partial charge on any atom is -0.349 e. The summed E-state index contributed by atoms with van der Waals surface area (Å²) in [6, 6.07) is 20.6. The molecule has 0 heterocycles. The van der Waals surface area contributed by atoms with Crippen LogP contribution in [0.3, 0.4) is 0 Å². The predicted octanol–water partition coefficient (Wildman–Crippen LogP) is 3.90. The van der Waals surface area contributed by atoms with E-state index < -0.39 is 0 Å². The zero-order valence-electron chi connectivity index (χ0n) is 10.6. The molecule has 4 heteroatoms. The van der Waals surface area contributed by atoms with Gasteiger partial charge in [0.1, 0.15) is 4.32 Å². The minimum absolute atomic E-state index is 0. The normalized spacial score (nSPS) is 9.53. The Kier molecular flexibility index (Phi) is 7.96. The zero-order valence-corrected chi connectivity index (χ0v) is 15.9. The molecule has 0 aromatic heterocycles. The predicted molar refractivity (Wildman–Crippen MR) is 83.7 cm³/mol. The van der Waals surface area contributed by atoms with E-state index in [1.807, 2.05) is 36.4 Å². The van der Waals surface area contributed by atoms with Crippen molar-refractivity contribution in [3.8, 4) is 0 Å². The molecule has 0 amide bonds. The molecule has 2 aromatic rings. The van der Waals surface area contributed by atoms with E-state index in [1.165, 1.54) is 11.1 Å². The van der Waals surface area contributed by atoms with Gasteiger partial charge in [0.15, 0.2) is 0 Å². The Labute approximate surface area is 153 Å². The van der Waals surface area contributed by atoms with E-state index in [0.29, 0.717) is 4.32 Å². The van der Waals surface area contributed by atoms with Gasteiger partial charge in [-0.3, -0.25) is 0 Å². The van der Waals surface area contributed by atoms with Crippen LogP contribution < -0.4 is 0 Å². The zero-order chi connectivity index (χ0) is 12.8. The molecule has 0 N–H and O–H groups in total. The average molecular weight is 412 g/mol. The number of benzene rings is 2. The molecule has 2 rings (SSSR count). The Morgan fingerprint density at radius 2 is 1.21 bits per heavy atom. The van der Waals surface area contributed by atoms with Gasteiger partial charge in [0.05, 0.1) is 0 Å². The summed E-state index contributed by atoms with van der Waals surface area (Å²) in [5.41, 5.74) is 2.48. The Morgan fingerprint density at radius 3 is 1.53 bits per heavy atom. The molecule has 1 nitrogen and oxygen atoms in total. The fraction of sp³-hybridized carbons (Fsp3) is 0.133. The number of hydrogen-bond donors (Lipinski definition) is 1. The molecule has 0 atom stereocenters. The molecular formula is C15H15LaNS2. The van der Waals surface area contributed by atoms with E-state index in [-0.39, 0.29) is 35.6 Å². The van der Waals surface area contributed by atoms with Crippen molar-refractivity contribution in [2.24, 2.45) is 0 Å². The quantitative estimate of drug-likeness (QED) is 0.600. The fourth-order valence-corrected chi connectivity index (χ4v) is 2.07. The van der Waals surface area contributed by atoms with Crippen LogP contribution in [0.1, 0.15) is 11.1 Å². The van der Waals surface area contributed by atoms with E-state index >= 15 is 0 Å². The Hall–Kier alpha value is -0.125. The molecule has 0 bridgehead atoms. The van der Waals surface area contributed by atoms with Crippen LogP contribution in [0.5, 0.6) is 0 Å². The van der Waals surface area contributed by atoms with Crippen molar-refractivity contribution in [3.05, 3.63) is 71.8 Å². The molecule has 0 saturated carbocycles. The van der Waals surface area contributed by atoms with E-state index in [0.717, 1.165) is 13.1 Å². The van der Waals surface area contributed by atoms with Crippen molar-refractivity contribution in [1.29, 1.82) is 0 Å². The third-order valence-electron chi connectivity index (χ3n) is 2.70. The second-order valence-corrected chi connectivity index (χ2v) is 5.22. The van der Waals surface area contributed by atoms with Crippen molar-refractivity contribution >= 4 is 29.2 Å². The molecule has 0 saturated heterocycles. The third kappa shape index (κ3) is 5.80. The maximum Gasteiger partial charge on any atom is 0.133 e. The number of thiocarbonyl (C=S) groups is 1. The van der Waals surface area contributed by atoms with Crippen molar-refractivity contribution in [2.45, 2.75) is 13.1 Å². The van der Waals surface area contributed by atoms with Crippen LogP contribution in [0.2, 0.25) is 0 Å². The van der Waals surface area contributed by atoms with Crippen LogP contribution in [0.25, 0.3) is 0 Å². The largest absolute Gasteiger partial charge is 0.349 e. The molecule has 0 spiro atoms. The van der Waals surface area contributed by atoms with E-state index in [1.54, 1.807) is 0 Å². The molecule has 95 valence electrons. The third-order valence-corrected chi connectivity index (χ3v) is 3.24. The fourth-order valence-electron chi connectivity index (χ4n) is 1.80. The minimum atomic E-state index is 0. The van der Waals surface area contributed by atoms with Crippen LogP contribution >= 0.6 is 24.8 Å². The van der Waals surface area contributed by atoms with Crippen LogP contribution in [-0.2, 0) is 13.1 Å². The van der Waals surface area contributed by atoms with Gasteiger partial charge in [0.2, 0.25) is 0 Å². The van der Waals surface area contributed by atoms with E-state index in [9.17, 15) is 0 Å². The molecule has 1 radical (unpaired) electrons. The number of thiol groups is 1. The summed E-state index contributed by atoms with van der Waals surface area (Å²) in [6.07, 6.45) is 0. The number of hydrogen-bond acceptors (Lipinski definition) is 1. The molecule has 0 aliphatic carbocycles. The average Bonchev–Trinajstić information content (AvgIpc) is 2.40. The first-order valence-electron chi connectivity index (χ1n) is 5.81. The topological polar surface area (TPSA) is 3.24 Å². The molecule has 0 fully saturated rings. The van der Waals surface area contributed by atoms with Crippen LogP contribution in [0.15, 0.2) is 60.7 Å². The summed E-state index contributed by atoms with van der Waals surface area (Å²) in [4.78, 5) is 2.09. The van der Waals surface area contributed by atoms with Gasteiger partial charge in [-0.15, -0.1) is 12.6 Å². The number of nitrogens with zero attached hydrogens (tertiary/aromatic N) is 1.